The van der Waals surface area contributed by atoms with Crippen LogP contribution in [0.5, 0.6) is 5.75 Å². The Kier molecular flexibility index (Phi) is 7.27. The first-order chi connectivity index (χ1) is 14.3. The molecule has 158 valence electrons. The quantitative estimate of drug-likeness (QED) is 0.473. The van der Waals surface area contributed by atoms with Crippen molar-refractivity contribution in [2.24, 2.45) is 0 Å². The minimum atomic E-state index is 0.112. The van der Waals surface area contributed by atoms with Crippen LogP contribution in [0.15, 0.2) is 47.8 Å². The van der Waals surface area contributed by atoms with Crippen LogP contribution in [-0.2, 0) is 24.4 Å². The second-order valence-electron chi connectivity index (χ2n) is 8.00. The molecule has 4 nitrogen and oxygen atoms in total. The fourth-order valence-corrected chi connectivity index (χ4v) is 4.08. The summed E-state index contributed by atoms with van der Waals surface area (Å²) in [6, 6.07) is 14.2. The number of rotatable bonds is 8. The number of aryl methyl sites for hydroxylation is 2. The summed E-state index contributed by atoms with van der Waals surface area (Å²) in [7, 11) is 0. The minimum absolute atomic E-state index is 0.112. The van der Waals surface area contributed by atoms with Crippen LogP contribution in [0, 0.1) is 20.8 Å². The summed E-state index contributed by atoms with van der Waals surface area (Å²) < 4.78 is 6.04. The Morgan fingerprint density at radius 1 is 1.13 bits per heavy atom. The van der Waals surface area contributed by atoms with E-state index in [2.05, 4.69) is 32.9 Å². The average molecular weight is 423 g/mol. The lowest BCUT2D eigenvalue weighted by Crippen LogP contribution is -2.37. The van der Waals surface area contributed by atoms with Crippen LogP contribution in [0.4, 0.5) is 0 Å². The molecular weight excluding hydrogens is 392 g/mol. The fraction of sp³-hybridized carbons (Fsp3) is 0.360. The van der Waals surface area contributed by atoms with E-state index >= 15 is 0 Å². The van der Waals surface area contributed by atoms with Crippen LogP contribution in [0.1, 0.15) is 46.8 Å². The third kappa shape index (κ3) is 5.70. The van der Waals surface area contributed by atoms with Crippen LogP contribution in [0.3, 0.4) is 0 Å². The molecule has 0 saturated carbocycles. The standard InChI is InChI=1S/C25H30N2O2S/c1-17(2)27(25(28)13-21-9-7-6-8-10-21)14-22-16-30-24(26-22)15-29-23-12-18(3)11-19(4)20(23)5/h6-12,16-17H,13-15H2,1-5H3. The zero-order valence-corrected chi connectivity index (χ0v) is 19.3. The van der Waals surface area contributed by atoms with E-state index in [0.717, 1.165) is 27.6 Å². The molecule has 0 unspecified atom stereocenters. The lowest BCUT2D eigenvalue weighted by molar-refractivity contribution is -0.132. The Labute approximate surface area is 183 Å². The molecule has 1 aromatic heterocycles. The molecule has 3 rings (SSSR count). The highest BCUT2D eigenvalue weighted by molar-refractivity contribution is 7.09. The Morgan fingerprint density at radius 3 is 2.57 bits per heavy atom. The van der Waals surface area contributed by atoms with Gasteiger partial charge in [-0.25, -0.2) is 4.98 Å². The smallest absolute Gasteiger partial charge is 0.227 e. The molecule has 1 heterocycles. The van der Waals surface area contributed by atoms with Gasteiger partial charge in [-0.1, -0.05) is 36.4 Å². The summed E-state index contributed by atoms with van der Waals surface area (Å²) in [4.78, 5) is 19.5. The maximum atomic E-state index is 12.9. The molecular formula is C25H30N2O2S. The molecule has 3 aromatic rings. The van der Waals surface area contributed by atoms with Crippen LogP contribution in [-0.4, -0.2) is 21.8 Å². The molecule has 0 radical (unpaired) electrons. The summed E-state index contributed by atoms with van der Waals surface area (Å²) >= 11 is 1.58. The highest BCUT2D eigenvalue weighted by Gasteiger charge is 2.19. The molecule has 2 aromatic carbocycles. The first-order valence-corrected chi connectivity index (χ1v) is 11.2. The van der Waals surface area contributed by atoms with E-state index in [1.54, 1.807) is 11.3 Å². The number of benzene rings is 2. The number of aromatic nitrogens is 1. The van der Waals surface area contributed by atoms with Crippen molar-refractivity contribution >= 4 is 17.2 Å². The van der Waals surface area contributed by atoms with Crippen molar-refractivity contribution in [2.45, 2.75) is 60.2 Å². The summed E-state index contributed by atoms with van der Waals surface area (Å²) in [6.45, 7) is 11.3. The molecule has 0 N–H and O–H groups in total. The number of carbonyl (C=O) groups excluding carboxylic acids is 1. The zero-order valence-electron chi connectivity index (χ0n) is 18.4. The maximum Gasteiger partial charge on any atom is 0.227 e. The SMILES string of the molecule is Cc1cc(C)c(C)c(OCc2nc(CN(C(=O)Cc3ccccc3)C(C)C)cs2)c1. The highest BCUT2D eigenvalue weighted by atomic mass is 32.1. The summed E-state index contributed by atoms with van der Waals surface area (Å²) in [5.74, 6) is 1.03. The van der Waals surface area contributed by atoms with Gasteiger partial charge in [-0.15, -0.1) is 11.3 Å². The average Bonchev–Trinajstić information content (AvgIpc) is 3.15. The van der Waals surface area contributed by atoms with Crippen molar-refractivity contribution in [2.75, 3.05) is 0 Å². The van der Waals surface area contributed by atoms with Gasteiger partial charge in [0.2, 0.25) is 5.91 Å². The van der Waals surface area contributed by atoms with Gasteiger partial charge in [0.1, 0.15) is 17.4 Å². The van der Waals surface area contributed by atoms with E-state index in [-0.39, 0.29) is 11.9 Å². The van der Waals surface area contributed by atoms with Crippen molar-refractivity contribution in [1.82, 2.24) is 9.88 Å². The predicted molar refractivity (Wildman–Crippen MR) is 123 cm³/mol. The van der Waals surface area contributed by atoms with Crippen LogP contribution < -0.4 is 4.74 Å². The molecule has 5 heteroatoms. The molecule has 0 fully saturated rings. The van der Waals surface area contributed by atoms with Gasteiger partial charge in [-0.3, -0.25) is 4.79 Å². The van der Waals surface area contributed by atoms with Crippen LogP contribution in [0.2, 0.25) is 0 Å². The van der Waals surface area contributed by atoms with Crippen LogP contribution in [0.25, 0.3) is 0 Å². The Morgan fingerprint density at radius 2 is 1.87 bits per heavy atom. The van der Waals surface area contributed by atoms with Crippen molar-refractivity contribution in [3.63, 3.8) is 0 Å². The number of carbonyl (C=O) groups is 1. The number of amides is 1. The van der Waals surface area contributed by atoms with Gasteiger partial charge in [0.05, 0.1) is 18.7 Å². The number of ether oxygens (including phenoxy) is 1. The van der Waals surface area contributed by atoms with Gasteiger partial charge in [0.25, 0.3) is 0 Å². The van der Waals surface area contributed by atoms with E-state index in [1.165, 1.54) is 11.1 Å². The third-order valence-corrected chi connectivity index (χ3v) is 6.06. The van der Waals surface area contributed by atoms with E-state index in [0.29, 0.717) is 19.6 Å². The first kappa shape index (κ1) is 22.0. The Hall–Kier alpha value is -2.66. The summed E-state index contributed by atoms with van der Waals surface area (Å²) in [6.07, 6.45) is 0.408. The first-order valence-electron chi connectivity index (χ1n) is 10.3. The van der Waals surface area contributed by atoms with Crippen molar-refractivity contribution in [3.8, 4) is 5.75 Å². The van der Waals surface area contributed by atoms with E-state index in [4.69, 9.17) is 9.72 Å². The topological polar surface area (TPSA) is 42.4 Å². The molecule has 0 aliphatic heterocycles. The molecule has 0 spiro atoms. The van der Waals surface area contributed by atoms with Gasteiger partial charge < -0.3 is 9.64 Å². The van der Waals surface area contributed by atoms with Crippen molar-refractivity contribution < 1.29 is 9.53 Å². The maximum absolute atomic E-state index is 12.9. The van der Waals surface area contributed by atoms with Gasteiger partial charge in [-0.05, 0) is 62.9 Å². The van der Waals surface area contributed by atoms with Crippen molar-refractivity contribution in [1.29, 1.82) is 0 Å². The number of hydrogen-bond donors (Lipinski definition) is 0. The zero-order chi connectivity index (χ0) is 21.7. The number of nitrogens with zero attached hydrogens (tertiary/aromatic N) is 2. The number of hydrogen-bond acceptors (Lipinski definition) is 4. The molecule has 0 aliphatic rings. The normalized spacial score (nSPS) is 11.0. The van der Waals surface area contributed by atoms with E-state index in [1.807, 2.05) is 54.5 Å². The lowest BCUT2D eigenvalue weighted by atomic mass is 10.1. The van der Waals surface area contributed by atoms with E-state index in [9.17, 15) is 4.79 Å². The predicted octanol–water partition coefficient (Wildman–Crippen LogP) is 5.63. The summed E-state index contributed by atoms with van der Waals surface area (Å²) in [5, 5.41) is 2.95. The molecule has 0 bridgehead atoms. The molecule has 0 aliphatic carbocycles. The molecule has 0 atom stereocenters. The summed E-state index contributed by atoms with van der Waals surface area (Å²) in [5.41, 5.74) is 5.52. The highest BCUT2D eigenvalue weighted by Crippen LogP contribution is 2.25. The van der Waals surface area contributed by atoms with Gasteiger partial charge in [-0.2, -0.15) is 0 Å². The van der Waals surface area contributed by atoms with Crippen LogP contribution >= 0.6 is 11.3 Å². The minimum Gasteiger partial charge on any atom is -0.486 e. The van der Waals surface area contributed by atoms with Gasteiger partial charge in [0, 0.05) is 11.4 Å². The monoisotopic (exact) mass is 422 g/mol. The fourth-order valence-electron chi connectivity index (χ4n) is 3.38. The largest absolute Gasteiger partial charge is 0.486 e. The van der Waals surface area contributed by atoms with Crippen molar-refractivity contribution in [3.05, 3.63) is 80.8 Å². The second kappa shape index (κ2) is 9.90. The number of thiazole rings is 1. The molecule has 1 amide bonds. The Bertz CT molecular complexity index is 996. The third-order valence-electron chi connectivity index (χ3n) is 5.19. The molecule has 30 heavy (non-hydrogen) atoms. The van der Waals surface area contributed by atoms with Gasteiger partial charge >= 0.3 is 0 Å². The Balaban J connectivity index is 1.63. The van der Waals surface area contributed by atoms with E-state index < -0.39 is 0 Å². The molecule has 0 saturated heterocycles. The van der Waals surface area contributed by atoms with Gasteiger partial charge in [0.15, 0.2) is 0 Å². The second-order valence-corrected chi connectivity index (χ2v) is 8.95. The lowest BCUT2D eigenvalue weighted by Gasteiger charge is -2.26.